The lowest BCUT2D eigenvalue weighted by molar-refractivity contribution is 0.395. The summed E-state index contributed by atoms with van der Waals surface area (Å²) in [6.45, 7) is 1.03. The molecule has 0 saturated carbocycles. The zero-order chi connectivity index (χ0) is 11.5. The van der Waals surface area contributed by atoms with Crippen molar-refractivity contribution in [1.29, 1.82) is 0 Å². The Morgan fingerprint density at radius 2 is 2.25 bits per heavy atom. The molecule has 0 aliphatic carbocycles. The van der Waals surface area contributed by atoms with Gasteiger partial charge in [0.1, 0.15) is 5.82 Å². The molecular formula is C12H14BrClFN. The Morgan fingerprint density at radius 1 is 1.44 bits per heavy atom. The van der Waals surface area contributed by atoms with Crippen LogP contribution in [0.2, 0.25) is 5.02 Å². The van der Waals surface area contributed by atoms with Crippen molar-refractivity contribution < 1.29 is 4.39 Å². The smallest absolute Gasteiger partial charge is 0.142 e. The molecule has 1 N–H and O–H groups in total. The number of hydrogen-bond acceptors (Lipinski definition) is 1. The Hall–Kier alpha value is -0.120. The summed E-state index contributed by atoms with van der Waals surface area (Å²) in [7, 11) is 0. The molecule has 0 bridgehead atoms. The van der Waals surface area contributed by atoms with E-state index in [1.807, 2.05) is 0 Å². The van der Waals surface area contributed by atoms with Crippen LogP contribution < -0.4 is 5.32 Å². The lowest BCUT2D eigenvalue weighted by Crippen LogP contribution is -2.35. The van der Waals surface area contributed by atoms with Crippen LogP contribution in [0.3, 0.4) is 0 Å². The largest absolute Gasteiger partial charge is 0.314 e. The molecule has 1 aliphatic rings. The second-order valence-electron chi connectivity index (χ2n) is 4.17. The van der Waals surface area contributed by atoms with Gasteiger partial charge in [-0.3, -0.25) is 0 Å². The Bertz CT molecular complexity index is 378. The van der Waals surface area contributed by atoms with Crippen LogP contribution in [0, 0.1) is 5.82 Å². The minimum Gasteiger partial charge on any atom is -0.314 e. The van der Waals surface area contributed by atoms with E-state index in [0.29, 0.717) is 27.5 Å². The maximum absolute atomic E-state index is 13.9. The van der Waals surface area contributed by atoms with Gasteiger partial charge >= 0.3 is 0 Å². The first-order valence-corrected chi connectivity index (χ1v) is 6.71. The summed E-state index contributed by atoms with van der Waals surface area (Å²) < 4.78 is 14.3. The molecular weight excluding hydrogens is 292 g/mol. The van der Waals surface area contributed by atoms with Gasteiger partial charge in [-0.15, -0.1) is 0 Å². The second-order valence-corrected chi connectivity index (χ2v) is 5.43. The molecule has 1 unspecified atom stereocenters. The van der Waals surface area contributed by atoms with Gasteiger partial charge in [-0.25, -0.2) is 4.39 Å². The molecule has 1 nitrogen and oxygen atoms in total. The first-order valence-electron chi connectivity index (χ1n) is 5.54. The van der Waals surface area contributed by atoms with Gasteiger partial charge in [0.2, 0.25) is 0 Å². The van der Waals surface area contributed by atoms with Crippen molar-refractivity contribution in [2.24, 2.45) is 0 Å². The van der Waals surface area contributed by atoms with Gasteiger partial charge in [-0.1, -0.05) is 18.0 Å². The highest BCUT2D eigenvalue weighted by Crippen LogP contribution is 2.28. The molecule has 4 heteroatoms. The number of nitrogens with one attached hydrogen (secondary N) is 1. The van der Waals surface area contributed by atoms with E-state index in [2.05, 4.69) is 21.2 Å². The fraction of sp³-hybridized carbons (Fsp3) is 0.500. The summed E-state index contributed by atoms with van der Waals surface area (Å²) in [5, 5.41) is 3.92. The van der Waals surface area contributed by atoms with Gasteiger partial charge in [0.25, 0.3) is 0 Å². The van der Waals surface area contributed by atoms with Gasteiger partial charge in [-0.2, -0.15) is 0 Å². The minimum absolute atomic E-state index is 0.222. The molecule has 1 heterocycles. The van der Waals surface area contributed by atoms with Crippen molar-refractivity contribution >= 4 is 27.5 Å². The summed E-state index contributed by atoms with van der Waals surface area (Å²) in [6, 6.07) is 3.75. The summed E-state index contributed by atoms with van der Waals surface area (Å²) in [5.41, 5.74) is 0.621. The molecule has 1 atom stereocenters. The molecule has 1 aromatic carbocycles. The lowest BCUT2D eigenvalue weighted by Gasteiger charge is -2.24. The first kappa shape index (κ1) is 12.3. The molecule has 1 aromatic rings. The topological polar surface area (TPSA) is 12.0 Å². The SMILES string of the molecule is Fc1c(Br)ccc(Cl)c1CC1CCCCN1. The number of hydrogen-bond donors (Lipinski definition) is 1. The predicted molar refractivity (Wildman–Crippen MR) is 68.5 cm³/mol. The third-order valence-electron chi connectivity index (χ3n) is 3.00. The number of rotatable bonds is 2. The quantitative estimate of drug-likeness (QED) is 0.817. The Balaban J connectivity index is 2.16. The Kier molecular flexibility index (Phi) is 4.22. The zero-order valence-corrected chi connectivity index (χ0v) is 11.2. The first-order chi connectivity index (χ1) is 7.68. The van der Waals surface area contributed by atoms with Crippen LogP contribution in [0.5, 0.6) is 0 Å². The highest BCUT2D eigenvalue weighted by molar-refractivity contribution is 9.10. The fourth-order valence-electron chi connectivity index (χ4n) is 2.10. The van der Waals surface area contributed by atoms with Gasteiger partial charge in [0.15, 0.2) is 0 Å². The van der Waals surface area contributed by atoms with E-state index in [1.54, 1.807) is 12.1 Å². The summed E-state index contributed by atoms with van der Waals surface area (Å²) in [4.78, 5) is 0. The van der Waals surface area contributed by atoms with Gasteiger partial charge in [-0.05, 0) is 53.9 Å². The van der Waals surface area contributed by atoms with Crippen molar-refractivity contribution in [1.82, 2.24) is 5.32 Å². The summed E-state index contributed by atoms with van der Waals surface area (Å²) in [5.74, 6) is -0.222. The van der Waals surface area contributed by atoms with Crippen LogP contribution in [0.4, 0.5) is 4.39 Å². The van der Waals surface area contributed by atoms with E-state index in [-0.39, 0.29) is 5.82 Å². The monoisotopic (exact) mass is 305 g/mol. The molecule has 0 radical (unpaired) electrons. The summed E-state index contributed by atoms with van der Waals surface area (Å²) in [6.07, 6.45) is 4.20. The Labute approximate surface area is 109 Å². The second kappa shape index (κ2) is 5.48. The average Bonchev–Trinajstić information content (AvgIpc) is 2.31. The summed E-state index contributed by atoms with van der Waals surface area (Å²) >= 11 is 9.22. The number of benzene rings is 1. The highest BCUT2D eigenvalue weighted by Gasteiger charge is 2.18. The van der Waals surface area contributed by atoms with Crippen molar-refractivity contribution in [3.63, 3.8) is 0 Å². The molecule has 0 amide bonds. The van der Waals surface area contributed by atoms with Gasteiger partial charge in [0.05, 0.1) is 4.47 Å². The molecule has 2 rings (SSSR count). The van der Waals surface area contributed by atoms with E-state index in [4.69, 9.17) is 11.6 Å². The minimum atomic E-state index is -0.222. The van der Waals surface area contributed by atoms with Crippen LogP contribution >= 0.6 is 27.5 Å². The molecule has 0 spiro atoms. The Morgan fingerprint density at radius 3 is 2.94 bits per heavy atom. The normalized spacial score (nSPS) is 21.1. The van der Waals surface area contributed by atoms with Crippen LogP contribution in [0.15, 0.2) is 16.6 Å². The third kappa shape index (κ3) is 2.76. The van der Waals surface area contributed by atoms with E-state index < -0.39 is 0 Å². The third-order valence-corrected chi connectivity index (χ3v) is 3.97. The van der Waals surface area contributed by atoms with Crippen LogP contribution in [0.25, 0.3) is 0 Å². The van der Waals surface area contributed by atoms with Crippen molar-refractivity contribution in [3.05, 3.63) is 33.0 Å². The lowest BCUT2D eigenvalue weighted by atomic mass is 9.97. The fourth-order valence-corrected chi connectivity index (χ4v) is 2.70. The van der Waals surface area contributed by atoms with Gasteiger partial charge < -0.3 is 5.32 Å². The molecule has 0 aromatic heterocycles. The standard InChI is InChI=1S/C12H14BrClFN/c13-10-4-5-11(14)9(12(10)15)7-8-3-1-2-6-16-8/h4-5,8,16H,1-3,6-7H2. The molecule has 1 saturated heterocycles. The van der Waals surface area contributed by atoms with E-state index >= 15 is 0 Å². The average molecular weight is 307 g/mol. The van der Waals surface area contributed by atoms with E-state index in [9.17, 15) is 4.39 Å². The maximum Gasteiger partial charge on any atom is 0.142 e. The maximum atomic E-state index is 13.9. The van der Waals surface area contributed by atoms with Crippen LogP contribution in [0.1, 0.15) is 24.8 Å². The van der Waals surface area contributed by atoms with Gasteiger partial charge in [0, 0.05) is 16.6 Å². The highest BCUT2D eigenvalue weighted by atomic mass is 79.9. The van der Waals surface area contributed by atoms with E-state index in [1.165, 1.54) is 12.8 Å². The molecule has 1 aliphatic heterocycles. The molecule has 88 valence electrons. The van der Waals surface area contributed by atoms with E-state index in [0.717, 1.165) is 13.0 Å². The van der Waals surface area contributed by atoms with Crippen molar-refractivity contribution in [3.8, 4) is 0 Å². The number of halogens is 3. The molecule has 1 fully saturated rings. The van der Waals surface area contributed by atoms with Crippen molar-refractivity contribution in [2.45, 2.75) is 31.7 Å². The van der Waals surface area contributed by atoms with Crippen LogP contribution in [-0.2, 0) is 6.42 Å². The van der Waals surface area contributed by atoms with Crippen LogP contribution in [-0.4, -0.2) is 12.6 Å². The predicted octanol–water partition coefficient (Wildman–Crippen LogP) is 3.93. The zero-order valence-electron chi connectivity index (χ0n) is 8.90. The number of piperidine rings is 1. The van der Waals surface area contributed by atoms with Crippen molar-refractivity contribution in [2.75, 3.05) is 6.54 Å². The molecule has 16 heavy (non-hydrogen) atoms.